The molecule has 7 nitrogen and oxygen atoms in total. The van der Waals surface area contributed by atoms with Crippen LogP contribution in [0, 0.1) is 6.92 Å². The molecule has 43 heavy (non-hydrogen) atoms. The third-order valence-electron chi connectivity index (χ3n) is 7.52. The van der Waals surface area contributed by atoms with Crippen LogP contribution < -0.4 is 24.3 Å². The first kappa shape index (κ1) is 29.7. The van der Waals surface area contributed by atoms with Crippen molar-refractivity contribution in [1.29, 1.82) is 0 Å². The van der Waals surface area contributed by atoms with Gasteiger partial charge in [0, 0.05) is 6.54 Å². The number of esters is 1. The Hall–Kier alpha value is -4.75. The summed E-state index contributed by atoms with van der Waals surface area (Å²) < 4.78 is 28.5. The maximum absolute atomic E-state index is 11.9. The number of fused-ring (bicyclic) bond motifs is 1. The molecule has 0 saturated heterocycles. The van der Waals surface area contributed by atoms with Gasteiger partial charge in [0.25, 0.3) is 0 Å². The second-order valence-corrected chi connectivity index (χ2v) is 10.4. The molecule has 0 saturated carbocycles. The summed E-state index contributed by atoms with van der Waals surface area (Å²) >= 11 is 0. The normalized spacial score (nSPS) is 14.2. The Morgan fingerprint density at radius 2 is 1.51 bits per heavy atom. The van der Waals surface area contributed by atoms with Crippen LogP contribution >= 0.6 is 0 Å². The molecule has 222 valence electrons. The summed E-state index contributed by atoms with van der Waals surface area (Å²) in [4.78, 5) is 11.9. The van der Waals surface area contributed by atoms with Crippen LogP contribution in [0.25, 0.3) is 6.08 Å². The Kier molecular flexibility index (Phi) is 9.64. The molecule has 0 aliphatic carbocycles. The van der Waals surface area contributed by atoms with Crippen molar-refractivity contribution in [3.8, 4) is 23.0 Å². The number of aryl methyl sites for hydroxylation is 1. The minimum absolute atomic E-state index is 0.00718. The maximum atomic E-state index is 11.9. The Morgan fingerprint density at radius 1 is 0.814 bits per heavy atom. The third-order valence-corrected chi connectivity index (χ3v) is 7.52. The Balaban J connectivity index is 1.34. The molecule has 1 unspecified atom stereocenters. The van der Waals surface area contributed by atoms with E-state index in [1.54, 1.807) is 26.4 Å². The number of nitrogens with one attached hydrogen (secondary N) is 1. The molecule has 1 heterocycles. The van der Waals surface area contributed by atoms with E-state index in [2.05, 4.69) is 41.7 Å². The van der Waals surface area contributed by atoms with Gasteiger partial charge >= 0.3 is 5.97 Å². The Bertz CT molecular complexity index is 1600. The first-order valence-corrected chi connectivity index (χ1v) is 14.3. The summed E-state index contributed by atoms with van der Waals surface area (Å²) in [6, 6.07) is 25.5. The maximum Gasteiger partial charge on any atom is 0.337 e. The SMILES string of the molecule is COC(=O)c1cccc(COc2cc(/C=C/C3NCCc4cc(OCc5ccccc5)c(OC)cc43)c(C)cc2OC)c1. The van der Waals surface area contributed by atoms with Crippen molar-refractivity contribution >= 4 is 12.0 Å². The van der Waals surface area contributed by atoms with Crippen LogP contribution in [0.3, 0.4) is 0 Å². The molecule has 0 fully saturated rings. The second-order valence-electron chi connectivity index (χ2n) is 10.4. The molecule has 7 heteroatoms. The van der Waals surface area contributed by atoms with Gasteiger partial charge in [0.05, 0.1) is 32.9 Å². The zero-order valence-electron chi connectivity index (χ0n) is 25.0. The lowest BCUT2D eigenvalue weighted by atomic mass is 9.92. The summed E-state index contributed by atoms with van der Waals surface area (Å²) in [5.41, 5.74) is 6.93. The molecular formula is C36H37NO6. The highest BCUT2D eigenvalue weighted by atomic mass is 16.5. The molecule has 5 rings (SSSR count). The van der Waals surface area contributed by atoms with Gasteiger partial charge in [-0.05, 0) is 83.1 Å². The number of hydrogen-bond acceptors (Lipinski definition) is 7. The van der Waals surface area contributed by atoms with E-state index in [9.17, 15) is 4.79 Å². The molecule has 1 atom stereocenters. The van der Waals surface area contributed by atoms with E-state index >= 15 is 0 Å². The molecule has 1 N–H and O–H groups in total. The second kappa shape index (κ2) is 13.9. The summed E-state index contributed by atoms with van der Waals surface area (Å²) in [7, 11) is 4.67. The van der Waals surface area contributed by atoms with E-state index in [4.69, 9.17) is 23.7 Å². The quantitative estimate of drug-likeness (QED) is 0.195. The van der Waals surface area contributed by atoms with Crippen LogP contribution in [0.2, 0.25) is 0 Å². The van der Waals surface area contributed by atoms with Gasteiger partial charge in [-0.3, -0.25) is 0 Å². The number of carbonyl (C=O) groups excluding carboxylic acids is 1. The third kappa shape index (κ3) is 7.19. The lowest BCUT2D eigenvalue weighted by Gasteiger charge is -2.26. The fourth-order valence-electron chi connectivity index (χ4n) is 5.17. The zero-order chi connectivity index (χ0) is 30.2. The van der Waals surface area contributed by atoms with Gasteiger partial charge in [0.15, 0.2) is 23.0 Å². The van der Waals surface area contributed by atoms with Crippen molar-refractivity contribution in [2.45, 2.75) is 32.6 Å². The largest absolute Gasteiger partial charge is 0.493 e. The van der Waals surface area contributed by atoms with Gasteiger partial charge in [-0.2, -0.15) is 0 Å². The minimum Gasteiger partial charge on any atom is -0.493 e. The molecule has 0 bridgehead atoms. The van der Waals surface area contributed by atoms with Crippen LogP contribution in [0.4, 0.5) is 0 Å². The van der Waals surface area contributed by atoms with Crippen LogP contribution in [-0.2, 0) is 24.4 Å². The van der Waals surface area contributed by atoms with Gasteiger partial charge in [-0.25, -0.2) is 4.79 Å². The fourth-order valence-corrected chi connectivity index (χ4v) is 5.17. The summed E-state index contributed by atoms with van der Waals surface area (Å²) in [6.45, 7) is 3.66. The van der Waals surface area contributed by atoms with Gasteiger partial charge < -0.3 is 29.0 Å². The van der Waals surface area contributed by atoms with E-state index in [0.29, 0.717) is 29.4 Å². The first-order valence-electron chi connectivity index (χ1n) is 14.3. The monoisotopic (exact) mass is 579 g/mol. The van der Waals surface area contributed by atoms with Gasteiger partial charge in [-0.15, -0.1) is 0 Å². The predicted octanol–water partition coefficient (Wildman–Crippen LogP) is 6.86. The van der Waals surface area contributed by atoms with Crippen molar-refractivity contribution in [1.82, 2.24) is 5.32 Å². The lowest BCUT2D eigenvalue weighted by Crippen LogP contribution is -2.28. The molecular weight excluding hydrogens is 542 g/mol. The molecule has 4 aromatic carbocycles. The number of rotatable bonds is 11. The Labute approximate surface area is 253 Å². The number of hydrogen-bond donors (Lipinski definition) is 1. The topological polar surface area (TPSA) is 75.3 Å². The molecule has 0 radical (unpaired) electrons. The average Bonchev–Trinajstić information content (AvgIpc) is 3.05. The number of benzene rings is 4. The van der Waals surface area contributed by atoms with Crippen LogP contribution in [-0.4, -0.2) is 33.8 Å². The van der Waals surface area contributed by atoms with Gasteiger partial charge in [0.2, 0.25) is 0 Å². The molecule has 0 spiro atoms. The highest BCUT2D eigenvalue weighted by molar-refractivity contribution is 5.89. The van der Waals surface area contributed by atoms with Crippen molar-refractivity contribution in [3.05, 3.63) is 124 Å². The van der Waals surface area contributed by atoms with E-state index in [0.717, 1.165) is 41.0 Å². The van der Waals surface area contributed by atoms with Crippen LogP contribution in [0.15, 0.2) is 84.9 Å². The molecule has 4 aromatic rings. The standard InChI is InChI=1S/C36H37NO6/c1-24-17-32(39-2)34(43-23-26-11-8-12-29(18-26)36(38)41-4)19-27(24)13-14-31-30-21-33(40-3)35(20-28(30)15-16-37-31)42-22-25-9-6-5-7-10-25/h5-14,17-21,31,37H,15-16,22-23H2,1-4H3/b14-13+. The van der Waals surface area contributed by atoms with Crippen molar-refractivity contribution in [2.75, 3.05) is 27.9 Å². The fraction of sp³-hybridized carbons (Fsp3) is 0.250. The van der Waals surface area contributed by atoms with Crippen molar-refractivity contribution in [2.24, 2.45) is 0 Å². The van der Waals surface area contributed by atoms with Gasteiger partial charge in [0.1, 0.15) is 13.2 Å². The first-order chi connectivity index (χ1) is 21.0. The average molecular weight is 580 g/mol. The molecule has 0 aromatic heterocycles. The van der Waals surface area contributed by atoms with Gasteiger partial charge in [-0.1, -0.05) is 54.6 Å². The highest BCUT2D eigenvalue weighted by Crippen LogP contribution is 2.37. The van der Waals surface area contributed by atoms with E-state index in [1.165, 1.54) is 18.2 Å². The highest BCUT2D eigenvalue weighted by Gasteiger charge is 2.21. The summed E-state index contributed by atoms with van der Waals surface area (Å²) in [5.74, 6) is 2.35. The smallest absolute Gasteiger partial charge is 0.337 e. The molecule has 1 aliphatic rings. The Morgan fingerprint density at radius 3 is 2.26 bits per heavy atom. The number of carbonyl (C=O) groups is 1. The van der Waals surface area contributed by atoms with E-state index in [-0.39, 0.29) is 18.6 Å². The lowest BCUT2D eigenvalue weighted by molar-refractivity contribution is 0.0600. The summed E-state index contributed by atoms with van der Waals surface area (Å²) in [6.07, 6.45) is 5.18. The van der Waals surface area contributed by atoms with Crippen LogP contribution in [0.5, 0.6) is 23.0 Å². The number of ether oxygens (including phenoxy) is 5. The van der Waals surface area contributed by atoms with Crippen molar-refractivity contribution in [3.63, 3.8) is 0 Å². The van der Waals surface area contributed by atoms with E-state index < -0.39 is 0 Å². The van der Waals surface area contributed by atoms with Crippen molar-refractivity contribution < 1.29 is 28.5 Å². The zero-order valence-corrected chi connectivity index (χ0v) is 25.0. The minimum atomic E-state index is -0.381. The van der Waals surface area contributed by atoms with Crippen LogP contribution in [0.1, 0.15) is 49.8 Å². The number of methoxy groups -OCH3 is 3. The predicted molar refractivity (Wildman–Crippen MR) is 167 cm³/mol. The van der Waals surface area contributed by atoms with E-state index in [1.807, 2.05) is 49.4 Å². The summed E-state index contributed by atoms with van der Waals surface area (Å²) in [5, 5.41) is 3.62. The molecule has 0 amide bonds. The molecule has 1 aliphatic heterocycles.